The third kappa shape index (κ3) is 70.5. The van der Waals surface area contributed by atoms with Crippen molar-refractivity contribution >= 4 is 39.5 Å². The van der Waals surface area contributed by atoms with Crippen LogP contribution in [0.2, 0.25) is 0 Å². The van der Waals surface area contributed by atoms with Gasteiger partial charge in [0.05, 0.1) is 26.4 Å². The van der Waals surface area contributed by atoms with Crippen molar-refractivity contribution in [1.29, 1.82) is 0 Å². The Bertz CT molecular complexity index is 1880. The topological polar surface area (TPSA) is 237 Å². The van der Waals surface area contributed by atoms with Crippen LogP contribution < -0.4 is 0 Å². The van der Waals surface area contributed by atoms with Gasteiger partial charge in [-0.3, -0.25) is 37.3 Å². The largest absolute Gasteiger partial charge is 0.472 e. The molecule has 0 spiro atoms. The number of unbranched alkanes of at least 4 members (excludes halogenated alkanes) is 40. The molecule has 0 radical (unpaired) electrons. The second kappa shape index (κ2) is 66.3. The van der Waals surface area contributed by atoms with Crippen LogP contribution in [0.3, 0.4) is 0 Å². The SMILES string of the molecule is CC(C)CCCCCCCCCCCCCCCC(=O)O[C@H](COC(=O)CCCCCCCCCC(C)C)COP(=O)(O)OCC(O)COP(=O)(O)OC[C@@H](COC(=O)CCCCCCCCCCCCCCC(C)C)OC(=O)CCCCCCCCCCCCCCC(C)C. The minimum atomic E-state index is -4.96. The molecule has 0 fully saturated rings. The summed E-state index contributed by atoms with van der Waals surface area (Å²) >= 11 is 0. The number of ether oxygens (including phenoxy) is 4. The van der Waals surface area contributed by atoms with Gasteiger partial charge in [-0.05, 0) is 49.4 Å². The van der Waals surface area contributed by atoms with Crippen LogP contribution in [0.5, 0.6) is 0 Å². The molecule has 0 aliphatic carbocycles. The monoisotopic (exact) mass is 1410 g/mol. The van der Waals surface area contributed by atoms with Crippen LogP contribution in [0.4, 0.5) is 0 Å². The summed E-state index contributed by atoms with van der Waals surface area (Å²) in [6.07, 6.45) is 51.3. The van der Waals surface area contributed by atoms with E-state index in [9.17, 15) is 43.2 Å². The van der Waals surface area contributed by atoms with Crippen LogP contribution in [0.1, 0.15) is 389 Å². The fourth-order valence-electron chi connectivity index (χ4n) is 11.7. The van der Waals surface area contributed by atoms with Gasteiger partial charge in [-0.2, -0.15) is 0 Å². The number of carbonyl (C=O) groups is 4. The van der Waals surface area contributed by atoms with E-state index in [1.54, 1.807) is 0 Å². The van der Waals surface area contributed by atoms with E-state index in [1.165, 1.54) is 186 Å². The number of hydrogen-bond acceptors (Lipinski definition) is 15. The second-order valence-electron chi connectivity index (χ2n) is 29.7. The zero-order valence-corrected chi connectivity index (χ0v) is 64.8. The molecular weight excluding hydrogens is 1260 g/mol. The molecule has 0 aromatic rings. The van der Waals surface area contributed by atoms with Gasteiger partial charge in [0, 0.05) is 25.7 Å². The van der Waals surface area contributed by atoms with Crippen LogP contribution in [-0.2, 0) is 65.4 Å². The molecule has 0 aliphatic rings. The first-order chi connectivity index (χ1) is 46.1. The smallest absolute Gasteiger partial charge is 0.462 e. The number of hydrogen-bond donors (Lipinski definition) is 3. The Labute approximate surface area is 588 Å². The predicted molar refractivity (Wildman–Crippen MR) is 391 cm³/mol. The van der Waals surface area contributed by atoms with E-state index >= 15 is 0 Å². The number of carbonyl (C=O) groups excluding carboxylic acids is 4. The summed E-state index contributed by atoms with van der Waals surface area (Å²) in [6.45, 7) is 14.2. The lowest BCUT2D eigenvalue weighted by atomic mass is 10.0. The maximum Gasteiger partial charge on any atom is 0.472 e. The molecule has 0 aliphatic heterocycles. The molecule has 0 bridgehead atoms. The molecule has 570 valence electrons. The molecular formula is C77H150O17P2. The van der Waals surface area contributed by atoms with Crippen molar-refractivity contribution in [3.8, 4) is 0 Å². The maximum atomic E-state index is 13.1. The van der Waals surface area contributed by atoms with E-state index < -0.39 is 97.5 Å². The summed E-state index contributed by atoms with van der Waals surface area (Å²) < 4.78 is 68.6. The standard InChI is InChI=1S/C77H150O17P2/c1-67(2)53-45-37-29-22-16-10-9-11-20-26-34-43-51-59-76(81)94-73(64-88-75(80)58-50-42-36-28-32-40-48-56-70(7)8)66-92-96(85,86)90-62-71(78)61-89-95(83,84)91-65-72(93-77(82)60-52-44-35-27-21-15-13-18-24-31-39-47-55-69(5)6)63-87-74(79)57-49-41-33-25-19-14-12-17-23-30-38-46-54-68(3)4/h67-73,78H,9-66H2,1-8H3,(H,83,84)(H,85,86)/t71?,72-,73-/m1/s1. The van der Waals surface area contributed by atoms with Gasteiger partial charge in [0.15, 0.2) is 12.2 Å². The predicted octanol–water partition coefficient (Wildman–Crippen LogP) is 22.4. The second-order valence-corrected chi connectivity index (χ2v) is 32.6. The third-order valence-corrected chi connectivity index (χ3v) is 19.7. The quantitative estimate of drug-likeness (QED) is 0.0222. The summed E-state index contributed by atoms with van der Waals surface area (Å²) in [5.74, 6) is 0.931. The van der Waals surface area contributed by atoms with Gasteiger partial charge >= 0.3 is 39.5 Å². The molecule has 17 nitrogen and oxygen atoms in total. The first-order valence-corrected chi connectivity index (χ1v) is 42.7. The highest BCUT2D eigenvalue weighted by Crippen LogP contribution is 2.45. The zero-order valence-electron chi connectivity index (χ0n) is 63.0. The minimum absolute atomic E-state index is 0.106. The minimum Gasteiger partial charge on any atom is -0.462 e. The highest BCUT2D eigenvalue weighted by molar-refractivity contribution is 7.47. The van der Waals surface area contributed by atoms with Gasteiger partial charge in [-0.1, -0.05) is 338 Å². The number of phosphoric acid groups is 2. The van der Waals surface area contributed by atoms with Crippen molar-refractivity contribution in [3.05, 3.63) is 0 Å². The average Bonchev–Trinajstić information content (AvgIpc) is 1.19. The zero-order chi connectivity index (χ0) is 71.0. The van der Waals surface area contributed by atoms with E-state index in [0.29, 0.717) is 31.6 Å². The number of aliphatic hydroxyl groups excluding tert-OH is 1. The highest BCUT2D eigenvalue weighted by Gasteiger charge is 2.30. The molecule has 0 saturated heterocycles. The Morgan fingerprint density at radius 1 is 0.260 bits per heavy atom. The Kier molecular flexibility index (Phi) is 65.0. The van der Waals surface area contributed by atoms with Crippen molar-refractivity contribution in [3.63, 3.8) is 0 Å². The summed E-state index contributed by atoms with van der Waals surface area (Å²) in [7, 11) is -9.92. The lowest BCUT2D eigenvalue weighted by molar-refractivity contribution is -0.161. The molecule has 3 unspecified atom stereocenters. The summed E-state index contributed by atoms with van der Waals surface area (Å²) in [5.41, 5.74) is 0. The van der Waals surface area contributed by atoms with Crippen LogP contribution in [-0.4, -0.2) is 96.7 Å². The lowest BCUT2D eigenvalue weighted by Crippen LogP contribution is -2.30. The number of esters is 4. The van der Waals surface area contributed by atoms with Gasteiger partial charge in [0.1, 0.15) is 19.3 Å². The summed E-state index contributed by atoms with van der Waals surface area (Å²) in [4.78, 5) is 72.9. The Morgan fingerprint density at radius 2 is 0.438 bits per heavy atom. The lowest BCUT2D eigenvalue weighted by Gasteiger charge is -2.21. The van der Waals surface area contributed by atoms with Crippen molar-refractivity contribution in [1.82, 2.24) is 0 Å². The van der Waals surface area contributed by atoms with E-state index in [4.69, 9.17) is 37.0 Å². The van der Waals surface area contributed by atoms with Crippen molar-refractivity contribution < 1.29 is 80.2 Å². The fourth-order valence-corrected chi connectivity index (χ4v) is 13.3. The molecule has 0 heterocycles. The first kappa shape index (κ1) is 94.1. The van der Waals surface area contributed by atoms with Gasteiger partial charge in [-0.25, -0.2) is 9.13 Å². The number of rotatable bonds is 74. The summed E-state index contributed by atoms with van der Waals surface area (Å²) in [6, 6.07) is 0. The number of phosphoric ester groups is 2. The molecule has 0 aromatic carbocycles. The van der Waals surface area contributed by atoms with E-state index in [1.807, 2.05) is 0 Å². The van der Waals surface area contributed by atoms with Crippen molar-refractivity contribution in [2.24, 2.45) is 23.7 Å². The van der Waals surface area contributed by atoms with Crippen LogP contribution in [0, 0.1) is 23.7 Å². The highest BCUT2D eigenvalue weighted by atomic mass is 31.2. The Morgan fingerprint density at radius 3 is 0.646 bits per heavy atom. The van der Waals surface area contributed by atoms with Crippen molar-refractivity contribution in [2.75, 3.05) is 39.6 Å². The molecule has 0 amide bonds. The molecule has 19 heteroatoms. The van der Waals surface area contributed by atoms with Crippen LogP contribution in [0.25, 0.3) is 0 Å². The van der Waals surface area contributed by atoms with E-state index in [2.05, 4.69) is 55.4 Å². The van der Waals surface area contributed by atoms with Gasteiger partial charge in [0.2, 0.25) is 0 Å². The van der Waals surface area contributed by atoms with E-state index in [-0.39, 0.29) is 25.7 Å². The van der Waals surface area contributed by atoms with E-state index in [0.717, 1.165) is 114 Å². The fraction of sp³-hybridized carbons (Fsp3) is 0.948. The van der Waals surface area contributed by atoms with Crippen LogP contribution in [0.15, 0.2) is 0 Å². The average molecular weight is 1410 g/mol. The normalized spacial score (nSPS) is 14.1. The van der Waals surface area contributed by atoms with Crippen molar-refractivity contribution in [2.45, 2.75) is 408 Å². The molecule has 3 N–H and O–H groups in total. The number of aliphatic hydroxyl groups is 1. The van der Waals surface area contributed by atoms with Gasteiger partial charge in [0.25, 0.3) is 0 Å². The summed E-state index contributed by atoms with van der Waals surface area (Å²) in [5, 5.41) is 10.6. The Balaban J connectivity index is 5.25. The molecule has 96 heavy (non-hydrogen) atoms. The van der Waals surface area contributed by atoms with Crippen LogP contribution >= 0.6 is 15.6 Å². The molecule has 0 aromatic heterocycles. The first-order valence-electron chi connectivity index (χ1n) is 39.7. The Hall–Kier alpha value is -1.94. The third-order valence-electron chi connectivity index (χ3n) is 17.8. The molecule has 0 rings (SSSR count). The maximum absolute atomic E-state index is 13.1. The molecule has 5 atom stereocenters. The van der Waals surface area contributed by atoms with Gasteiger partial charge in [-0.15, -0.1) is 0 Å². The molecule has 0 saturated carbocycles. The van der Waals surface area contributed by atoms with Gasteiger partial charge < -0.3 is 33.8 Å².